The minimum atomic E-state index is -0.0683. The van der Waals surface area contributed by atoms with Crippen LogP contribution in [0.5, 0.6) is 0 Å². The Balaban J connectivity index is 1.56. The molecule has 0 bridgehead atoms. The Hall–Kier alpha value is -2.96. The van der Waals surface area contributed by atoms with Gasteiger partial charge < -0.3 is 4.90 Å². The van der Waals surface area contributed by atoms with Gasteiger partial charge >= 0.3 is 0 Å². The maximum absolute atomic E-state index is 13.0. The molecule has 3 heterocycles. The summed E-state index contributed by atoms with van der Waals surface area (Å²) in [6.45, 7) is 1.43. The zero-order valence-electron chi connectivity index (χ0n) is 14.1. The molecule has 1 aliphatic heterocycles. The van der Waals surface area contributed by atoms with E-state index in [-0.39, 0.29) is 5.91 Å². The van der Waals surface area contributed by atoms with Crippen LogP contribution in [0.15, 0.2) is 42.7 Å². The van der Waals surface area contributed by atoms with E-state index in [2.05, 4.69) is 20.5 Å². The molecule has 0 aliphatic carbocycles. The van der Waals surface area contributed by atoms with E-state index in [1.54, 1.807) is 4.68 Å². The normalized spacial score (nSPS) is 17.6. The lowest BCUT2D eigenvalue weighted by atomic mass is 9.92. The Bertz CT molecular complexity index is 869. The summed E-state index contributed by atoms with van der Waals surface area (Å²) in [4.78, 5) is 14.9. The van der Waals surface area contributed by atoms with Crippen molar-refractivity contribution in [3.63, 3.8) is 0 Å². The molecule has 0 radical (unpaired) electrons. The Morgan fingerprint density at radius 2 is 2.08 bits per heavy atom. The molecule has 3 aromatic rings. The van der Waals surface area contributed by atoms with Crippen LogP contribution in [-0.2, 0) is 7.05 Å². The predicted molar refractivity (Wildman–Crippen MR) is 92.9 cm³/mol. The number of nitrogens with one attached hydrogen (secondary N) is 1. The van der Waals surface area contributed by atoms with Gasteiger partial charge in [0.2, 0.25) is 0 Å². The number of hydrogen-bond acceptors (Lipinski definition) is 4. The largest absolute Gasteiger partial charge is 0.337 e. The molecular formula is C18H20N6O. The van der Waals surface area contributed by atoms with Gasteiger partial charge in [0, 0.05) is 37.8 Å². The number of nitrogens with zero attached hydrogens (tertiary/aromatic N) is 5. The van der Waals surface area contributed by atoms with Crippen LogP contribution in [-0.4, -0.2) is 49.1 Å². The van der Waals surface area contributed by atoms with Crippen LogP contribution in [0.1, 0.15) is 34.8 Å². The number of carbonyl (C=O) groups excluding carboxylic acids is 1. The molecule has 1 aliphatic rings. The fraction of sp³-hybridized carbons (Fsp3) is 0.333. The van der Waals surface area contributed by atoms with Gasteiger partial charge in [-0.3, -0.25) is 9.48 Å². The van der Waals surface area contributed by atoms with Crippen molar-refractivity contribution in [2.75, 3.05) is 13.1 Å². The molecule has 0 spiro atoms. The third-order valence-electron chi connectivity index (χ3n) is 4.70. The lowest BCUT2D eigenvalue weighted by molar-refractivity contribution is 0.0702. The maximum Gasteiger partial charge on any atom is 0.276 e. The van der Waals surface area contributed by atoms with Gasteiger partial charge in [-0.05, 0) is 18.4 Å². The molecule has 7 nitrogen and oxygen atoms in total. The smallest absolute Gasteiger partial charge is 0.276 e. The van der Waals surface area contributed by atoms with Crippen molar-refractivity contribution >= 4 is 5.91 Å². The number of aromatic nitrogens is 5. The van der Waals surface area contributed by atoms with E-state index in [1.165, 1.54) is 5.56 Å². The summed E-state index contributed by atoms with van der Waals surface area (Å²) in [5, 5.41) is 15.2. The van der Waals surface area contributed by atoms with Crippen LogP contribution in [0.3, 0.4) is 0 Å². The van der Waals surface area contributed by atoms with Gasteiger partial charge in [-0.2, -0.15) is 20.5 Å². The number of piperidine rings is 1. The van der Waals surface area contributed by atoms with Gasteiger partial charge in [-0.25, -0.2) is 0 Å². The molecule has 7 heteroatoms. The molecule has 1 amide bonds. The molecule has 0 saturated carbocycles. The van der Waals surface area contributed by atoms with Crippen molar-refractivity contribution in [3.8, 4) is 11.3 Å². The highest BCUT2D eigenvalue weighted by atomic mass is 16.2. The standard InChI is InChI=1S/C18H20N6O/c1-23-11-15(10-19-23)14-8-5-9-24(12-14)18(25)17-16(20-22-21-17)13-6-3-2-4-7-13/h2-4,6-7,10-11,14H,5,8-9,12H2,1H3,(H,20,21,22). The molecule has 2 aromatic heterocycles. The molecule has 4 rings (SSSR count). The predicted octanol–water partition coefficient (Wildman–Crippen LogP) is 2.23. The fourth-order valence-corrected chi connectivity index (χ4v) is 3.41. The summed E-state index contributed by atoms with van der Waals surface area (Å²) in [5.74, 6) is 0.250. The van der Waals surface area contributed by atoms with Crippen LogP contribution in [0, 0.1) is 0 Å². The van der Waals surface area contributed by atoms with E-state index in [0.29, 0.717) is 23.9 Å². The van der Waals surface area contributed by atoms with Gasteiger partial charge in [0.1, 0.15) is 5.69 Å². The van der Waals surface area contributed by atoms with Crippen molar-refractivity contribution in [2.24, 2.45) is 7.05 Å². The molecular weight excluding hydrogens is 316 g/mol. The average Bonchev–Trinajstić information content (AvgIpc) is 3.31. The second-order valence-corrected chi connectivity index (χ2v) is 6.42. The van der Waals surface area contributed by atoms with E-state index in [9.17, 15) is 4.79 Å². The molecule has 1 unspecified atom stereocenters. The van der Waals surface area contributed by atoms with Crippen molar-refractivity contribution in [3.05, 3.63) is 54.0 Å². The fourth-order valence-electron chi connectivity index (χ4n) is 3.41. The maximum atomic E-state index is 13.0. The quantitative estimate of drug-likeness (QED) is 0.795. The van der Waals surface area contributed by atoms with Crippen LogP contribution >= 0.6 is 0 Å². The number of H-pyrrole nitrogens is 1. The number of hydrogen-bond donors (Lipinski definition) is 1. The van der Waals surface area contributed by atoms with Crippen molar-refractivity contribution in [2.45, 2.75) is 18.8 Å². The first kappa shape index (κ1) is 15.6. The van der Waals surface area contributed by atoms with E-state index in [4.69, 9.17) is 0 Å². The van der Waals surface area contributed by atoms with Crippen LogP contribution < -0.4 is 0 Å². The number of aromatic amines is 1. The second-order valence-electron chi connectivity index (χ2n) is 6.42. The third kappa shape index (κ3) is 3.05. The minimum absolute atomic E-state index is 0.0683. The average molecular weight is 336 g/mol. The van der Waals surface area contributed by atoms with Gasteiger partial charge in [-0.15, -0.1) is 0 Å². The highest BCUT2D eigenvalue weighted by molar-refractivity contribution is 5.98. The van der Waals surface area contributed by atoms with E-state index < -0.39 is 0 Å². The van der Waals surface area contributed by atoms with Crippen LogP contribution in [0.4, 0.5) is 0 Å². The topological polar surface area (TPSA) is 79.7 Å². The molecule has 1 fully saturated rings. The van der Waals surface area contributed by atoms with E-state index in [1.807, 2.05) is 54.7 Å². The summed E-state index contributed by atoms with van der Waals surface area (Å²) in [6.07, 6.45) is 5.97. The number of carbonyl (C=O) groups is 1. The Morgan fingerprint density at radius 3 is 2.84 bits per heavy atom. The molecule has 1 N–H and O–H groups in total. The number of amides is 1. The van der Waals surface area contributed by atoms with Crippen molar-refractivity contribution in [1.82, 2.24) is 30.1 Å². The second kappa shape index (κ2) is 6.51. The summed E-state index contributed by atoms with van der Waals surface area (Å²) < 4.78 is 1.81. The third-order valence-corrected chi connectivity index (χ3v) is 4.70. The van der Waals surface area contributed by atoms with Gasteiger partial charge in [-0.1, -0.05) is 30.3 Å². The Morgan fingerprint density at radius 1 is 1.24 bits per heavy atom. The number of benzene rings is 1. The lowest BCUT2D eigenvalue weighted by Crippen LogP contribution is -2.39. The zero-order valence-corrected chi connectivity index (χ0v) is 14.1. The lowest BCUT2D eigenvalue weighted by Gasteiger charge is -2.32. The van der Waals surface area contributed by atoms with Crippen molar-refractivity contribution < 1.29 is 4.79 Å². The number of likely N-dealkylation sites (tertiary alicyclic amines) is 1. The van der Waals surface area contributed by atoms with E-state index in [0.717, 1.165) is 24.9 Å². The van der Waals surface area contributed by atoms with Crippen LogP contribution in [0.2, 0.25) is 0 Å². The first-order chi connectivity index (χ1) is 12.2. The monoisotopic (exact) mass is 336 g/mol. The first-order valence-electron chi connectivity index (χ1n) is 8.46. The van der Waals surface area contributed by atoms with Gasteiger partial charge in [0.15, 0.2) is 5.69 Å². The molecule has 25 heavy (non-hydrogen) atoms. The summed E-state index contributed by atoms with van der Waals surface area (Å²) in [5.41, 5.74) is 3.07. The summed E-state index contributed by atoms with van der Waals surface area (Å²) in [6, 6.07) is 9.66. The Kier molecular flexibility index (Phi) is 4.05. The molecule has 1 saturated heterocycles. The SMILES string of the molecule is Cn1cc(C2CCCN(C(=O)c3n[nH]nc3-c3ccccc3)C2)cn1. The van der Waals surface area contributed by atoms with Gasteiger partial charge in [0.05, 0.1) is 6.20 Å². The van der Waals surface area contributed by atoms with Crippen molar-refractivity contribution in [1.29, 1.82) is 0 Å². The summed E-state index contributed by atoms with van der Waals surface area (Å²) >= 11 is 0. The minimum Gasteiger partial charge on any atom is -0.337 e. The highest BCUT2D eigenvalue weighted by Gasteiger charge is 2.29. The summed E-state index contributed by atoms with van der Waals surface area (Å²) in [7, 11) is 1.91. The molecule has 1 aromatic carbocycles. The van der Waals surface area contributed by atoms with E-state index >= 15 is 0 Å². The number of aryl methyl sites for hydroxylation is 1. The van der Waals surface area contributed by atoms with Gasteiger partial charge in [0.25, 0.3) is 5.91 Å². The Labute approximate surface area is 145 Å². The molecule has 1 atom stereocenters. The first-order valence-corrected chi connectivity index (χ1v) is 8.46. The zero-order chi connectivity index (χ0) is 17.2. The molecule has 128 valence electrons. The highest BCUT2D eigenvalue weighted by Crippen LogP contribution is 2.28. The van der Waals surface area contributed by atoms with Crippen LogP contribution in [0.25, 0.3) is 11.3 Å². The number of rotatable bonds is 3.